The Morgan fingerprint density at radius 2 is 2.30 bits per heavy atom. The van der Waals surface area contributed by atoms with E-state index in [0.29, 0.717) is 19.1 Å². The lowest BCUT2D eigenvalue weighted by molar-refractivity contribution is 0.382. The lowest BCUT2D eigenvalue weighted by Crippen LogP contribution is -2.37. The summed E-state index contributed by atoms with van der Waals surface area (Å²) in [6.07, 6.45) is 5.93. The van der Waals surface area contributed by atoms with Crippen molar-refractivity contribution in [1.82, 2.24) is 19.8 Å². The first-order valence-electron chi connectivity index (χ1n) is 6.88. The maximum Gasteiger partial charge on any atom is 0.257 e. The molecule has 20 heavy (non-hydrogen) atoms. The van der Waals surface area contributed by atoms with Gasteiger partial charge in [0, 0.05) is 19.1 Å². The minimum absolute atomic E-state index is 0. The Morgan fingerprint density at radius 3 is 2.95 bits per heavy atom. The molecule has 0 bridgehead atoms. The molecule has 1 aliphatic heterocycles. The van der Waals surface area contributed by atoms with Gasteiger partial charge < -0.3 is 5.32 Å². The molecule has 2 rings (SSSR count). The van der Waals surface area contributed by atoms with Gasteiger partial charge in [0.05, 0.1) is 6.20 Å². The van der Waals surface area contributed by atoms with Crippen molar-refractivity contribution in [2.45, 2.75) is 50.2 Å². The molecule has 6 nitrogen and oxygen atoms in total. The molecule has 2 N–H and O–H groups in total. The van der Waals surface area contributed by atoms with Gasteiger partial charge in [0.15, 0.2) is 5.03 Å². The molecule has 1 aromatic rings. The zero-order valence-corrected chi connectivity index (χ0v) is 13.3. The zero-order chi connectivity index (χ0) is 13.7. The molecule has 1 fully saturated rings. The van der Waals surface area contributed by atoms with Gasteiger partial charge in [-0.1, -0.05) is 6.42 Å². The number of piperidine rings is 1. The molecule has 8 heteroatoms. The monoisotopic (exact) mass is 322 g/mol. The fourth-order valence-corrected chi connectivity index (χ4v) is 3.63. The number of aromatic nitrogens is 2. The van der Waals surface area contributed by atoms with Gasteiger partial charge >= 0.3 is 0 Å². The van der Waals surface area contributed by atoms with Crippen molar-refractivity contribution in [3.8, 4) is 0 Å². The van der Waals surface area contributed by atoms with Crippen molar-refractivity contribution in [3.05, 3.63) is 12.3 Å². The zero-order valence-electron chi connectivity index (χ0n) is 11.7. The second-order valence-corrected chi connectivity index (χ2v) is 6.53. The number of halogens is 1. The Labute approximate surface area is 126 Å². The molecule has 0 amide bonds. The van der Waals surface area contributed by atoms with E-state index in [0.717, 1.165) is 19.4 Å². The summed E-state index contributed by atoms with van der Waals surface area (Å²) in [6, 6.07) is 1.97. The smallest absolute Gasteiger partial charge is 0.257 e. The highest BCUT2D eigenvalue weighted by Gasteiger charge is 2.19. The van der Waals surface area contributed by atoms with Gasteiger partial charge in [-0.05, 0) is 38.8 Å². The minimum atomic E-state index is -3.44. The maximum atomic E-state index is 12.1. The van der Waals surface area contributed by atoms with E-state index in [1.807, 2.05) is 6.92 Å². The summed E-state index contributed by atoms with van der Waals surface area (Å²) in [7, 11) is -3.44. The van der Waals surface area contributed by atoms with Crippen LogP contribution in [0.4, 0.5) is 0 Å². The van der Waals surface area contributed by atoms with Gasteiger partial charge in [0.25, 0.3) is 10.0 Å². The average molecular weight is 323 g/mol. The van der Waals surface area contributed by atoms with Crippen LogP contribution < -0.4 is 10.0 Å². The van der Waals surface area contributed by atoms with Gasteiger partial charge in [0.1, 0.15) is 0 Å². The third-order valence-electron chi connectivity index (χ3n) is 3.45. The van der Waals surface area contributed by atoms with E-state index in [2.05, 4.69) is 15.1 Å². The summed E-state index contributed by atoms with van der Waals surface area (Å²) >= 11 is 0. The molecule has 116 valence electrons. The number of rotatable bonds is 6. The summed E-state index contributed by atoms with van der Waals surface area (Å²) in [6.45, 7) is 3.93. The molecule has 1 saturated heterocycles. The number of aryl methyl sites for hydroxylation is 1. The van der Waals surface area contributed by atoms with E-state index in [1.165, 1.54) is 29.8 Å². The summed E-state index contributed by atoms with van der Waals surface area (Å²) in [5.74, 6) is 0. The fourth-order valence-electron chi connectivity index (χ4n) is 2.40. The molecule has 1 aliphatic rings. The number of nitrogens with zero attached hydrogens (tertiary/aromatic N) is 2. The largest absolute Gasteiger partial charge is 0.314 e. The Morgan fingerprint density at radius 1 is 1.50 bits per heavy atom. The van der Waals surface area contributed by atoms with Crippen molar-refractivity contribution in [1.29, 1.82) is 0 Å². The predicted molar refractivity (Wildman–Crippen MR) is 80.6 cm³/mol. The molecular formula is C12H23ClN4O2S. The van der Waals surface area contributed by atoms with E-state index >= 15 is 0 Å². The van der Waals surface area contributed by atoms with Crippen LogP contribution in [0, 0.1) is 0 Å². The highest BCUT2D eigenvalue weighted by molar-refractivity contribution is 7.89. The Hall–Kier alpha value is -0.630. The van der Waals surface area contributed by atoms with Gasteiger partial charge in [0.2, 0.25) is 0 Å². The predicted octanol–water partition coefficient (Wildman–Crippen LogP) is 1.14. The third-order valence-corrected chi connectivity index (χ3v) is 4.93. The molecule has 2 heterocycles. The van der Waals surface area contributed by atoms with Crippen LogP contribution in [-0.4, -0.2) is 37.3 Å². The molecular weight excluding hydrogens is 300 g/mol. The first kappa shape index (κ1) is 17.4. The third kappa shape index (κ3) is 4.44. The highest BCUT2D eigenvalue weighted by atomic mass is 35.5. The number of nitrogens with one attached hydrogen (secondary N) is 2. The van der Waals surface area contributed by atoms with E-state index in [9.17, 15) is 8.42 Å². The van der Waals surface area contributed by atoms with Gasteiger partial charge in [-0.15, -0.1) is 12.4 Å². The Balaban J connectivity index is 0.00000200. The van der Waals surface area contributed by atoms with Crippen LogP contribution in [0.25, 0.3) is 0 Å². The van der Waals surface area contributed by atoms with E-state index in [1.54, 1.807) is 0 Å². The average Bonchev–Trinajstić information content (AvgIpc) is 2.89. The maximum absolute atomic E-state index is 12.1. The Kier molecular flexibility index (Phi) is 6.94. The van der Waals surface area contributed by atoms with E-state index in [-0.39, 0.29) is 17.4 Å². The van der Waals surface area contributed by atoms with Crippen LogP contribution in [0.3, 0.4) is 0 Å². The quantitative estimate of drug-likeness (QED) is 0.823. The first-order valence-corrected chi connectivity index (χ1v) is 8.36. The van der Waals surface area contributed by atoms with Crippen LogP contribution in [0.15, 0.2) is 17.3 Å². The fraction of sp³-hybridized carbons (Fsp3) is 0.750. The Bertz CT molecular complexity index is 497. The van der Waals surface area contributed by atoms with Gasteiger partial charge in [-0.25, -0.2) is 13.1 Å². The van der Waals surface area contributed by atoms with Gasteiger partial charge in [-0.2, -0.15) is 5.10 Å². The van der Waals surface area contributed by atoms with Crippen LogP contribution in [-0.2, 0) is 16.6 Å². The van der Waals surface area contributed by atoms with E-state index in [4.69, 9.17) is 0 Å². The van der Waals surface area contributed by atoms with Crippen molar-refractivity contribution < 1.29 is 8.42 Å². The summed E-state index contributed by atoms with van der Waals surface area (Å²) in [5.41, 5.74) is 0. The lowest BCUT2D eigenvalue weighted by Gasteiger charge is -2.23. The normalized spacial score (nSPS) is 19.6. The number of hydrogen-bond donors (Lipinski definition) is 2. The second-order valence-electron chi connectivity index (χ2n) is 4.82. The molecule has 0 saturated carbocycles. The minimum Gasteiger partial charge on any atom is -0.314 e. The molecule has 1 aromatic heterocycles. The first-order chi connectivity index (χ1) is 9.13. The van der Waals surface area contributed by atoms with Crippen LogP contribution in [0.1, 0.15) is 32.6 Å². The molecule has 1 unspecified atom stereocenters. The number of hydrogen-bond acceptors (Lipinski definition) is 4. The van der Waals surface area contributed by atoms with E-state index < -0.39 is 10.0 Å². The van der Waals surface area contributed by atoms with Crippen molar-refractivity contribution >= 4 is 22.4 Å². The summed E-state index contributed by atoms with van der Waals surface area (Å²) in [4.78, 5) is 0. The SMILES string of the molecule is CCn1nccc1S(=O)(=O)NCCC1CCCCN1.Cl. The standard InChI is InChI=1S/C12H22N4O2S.ClH/c1-2-16-12(7-9-14-16)19(17,18)15-10-6-11-5-3-4-8-13-11;/h7,9,11,13,15H,2-6,8,10H2,1H3;1H. The summed E-state index contributed by atoms with van der Waals surface area (Å²) < 4.78 is 28.4. The van der Waals surface area contributed by atoms with Crippen LogP contribution >= 0.6 is 12.4 Å². The van der Waals surface area contributed by atoms with Crippen molar-refractivity contribution in [3.63, 3.8) is 0 Å². The van der Waals surface area contributed by atoms with Gasteiger partial charge in [-0.3, -0.25) is 4.68 Å². The molecule has 0 radical (unpaired) electrons. The molecule has 0 aliphatic carbocycles. The van der Waals surface area contributed by atoms with Crippen LogP contribution in [0.2, 0.25) is 0 Å². The van der Waals surface area contributed by atoms with Crippen molar-refractivity contribution in [2.75, 3.05) is 13.1 Å². The molecule has 0 spiro atoms. The highest BCUT2D eigenvalue weighted by Crippen LogP contribution is 2.11. The topological polar surface area (TPSA) is 76.0 Å². The second kappa shape index (κ2) is 7.97. The molecule has 1 atom stereocenters. The van der Waals surface area contributed by atoms with Crippen LogP contribution in [0.5, 0.6) is 0 Å². The number of sulfonamides is 1. The molecule has 0 aromatic carbocycles. The van der Waals surface area contributed by atoms with Crippen molar-refractivity contribution in [2.24, 2.45) is 0 Å². The lowest BCUT2D eigenvalue weighted by atomic mass is 10.0. The summed E-state index contributed by atoms with van der Waals surface area (Å²) in [5, 5.41) is 7.64.